The maximum absolute atomic E-state index is 5.63. The maximum Gasteiger partial charge on any atom is 0.0826 e. The highest BCUT2D eigenvalue weighted by molar-refractivity contribution is 4.71. The van der Waals surface area contributed by atoms with E-state index in [1.165, 1.54) is 0 Å². The number of likely N-dealkylation sites (N-methyl/N-ethyl adjacent to an activating group) is 1. The summed E-state index contributed by atoms with van der Waals surface area (Å²) in [4.78, 5) is 2.32. The maximum atomic E-state index is 5.63. The van der Waals surface area contributed by atoms with Crippen LogP contribution in [0.5, 0.6) is 0 Å². The smallest absolute Gasteiger partial charge is 0.0826 e. The minimum absolute atomic E-state index is 0.387. The lowest BCUT2D eigenvalue weighted by Gasteiger charge is -2.30. The summed E-state index contributed by atoms with van der Waals surface area (Å²) in [6.45, 7) is 9.53. The predicted octanol–water partition coefficient (Wildman–Crippen LogP) is 0.563. The van der Waals surface area contributed by atoms with E-state index in [2.05, 4.69) is 31.1 Å². The molecule has 1 N–H and O–H groups in total. The highest BCUT2D eigenvalue weighted by Gasteiger charge is 2.16. The number of nitrogens with zero attached hydrogens (tertiary/aromatic N) is 1. The van der Waals surface area contributed by atoms with Gasteiger partial charge in [0, 0.05) is 19.6 Å². The first kappa shape index (κ1) is 11.0. The molecule has 0 aromatic carbocycles. The van der Waals surface area contributed by atoms with Gasteiger partial charge in [0.1, 0.15) is 0 Å². The molecule has 0 aliphatic carbocycles. The molecule has 3 heteroatoms. The fraction of sp³-hybridized carbons (Fsp3) is 1.00. The molecule has 1 rings (SSSR count). The normalized spacial score (nSPS) is 25.4. The fourth-order valence-corrected chi connectivity index (χ4v) is 1.52. The van der Waals surface area contributed by atoms with E-state index in [9.17, 15) is 0 Å². The Kier molecular flexibility index (Phi) is 4.70. The van der Waals surface area contributed by atoms with Crippen molar-refractivity contribution in [1.82, 2.24) is 10.2 Å². The summed E-state index contributed by atoms with van der Waals surface area (Å²) in [5.41, 5.74) is 0. The number of ether oxygens (including phenoxy) is 1. The van der Waals surface area contributed by atoms with Crippen molar-refractivity contribution in [3.63, 3.8) is 0 Å². The Labute approximate surface area is 81.4 Å². The van der Waals surface area contributed by atoms with Gasteiger partial charge in [-0.15, -0.1) is 0 Å². The highest BCUT2D eigenvalue weighted by atomic mass is 16.5. The molecular formula is C10H22N2O. The van der Waals surface area contributed by atoms with Crippen LogP contribution in [-0.4, -0.2) is 50.8 Å². The second-order valence-corrected chi connectivity index (χ2v) is 4.31. The number of rotatable bonds is 4. The lowest BCUT2D eigenvalue weighted by atomic mass is 10.2. The van der Waals surface area contributed by atoms with Gasteiger partial charge < -0.3 is 15.0 Å². The number of hydrogen-bond donors (Lipinski definition) is 1. The summed E-state index contributed by atoms with van der Waals surface area (Å²) in [5, 5.41) is 3.42. The Balaban J connectivity index is 2.06. The van der Waals surface area contributed by atoms with Crippen molar-refractivity contribution in [3.05, 3.63) is 0 Å². The Bertz CT molecular complexity index is 139. The molecule has 0 saturated carbocycles. The molecule has 0 aromatic rings. The van der Waals surface area contributed by atoms with Crippen LogP contribution < -0.4 is 5.32 Å². The molecule has 0 spiro atoms. The van der Waals surface area contributed by atoms with Crippen LogP contribution in [0, 0.1) is 5.92 Å². The molecule has 0 unspecified atom stereocenters. The summed E-state index contributed by atoms with van der Waals surface area (Å²) < 4.78 is 5.63. The number of morpholine rings is 1. The van der Waals surface area contributed by atoms with Crippen LogP contribution in [0.4, 0.5) is 0 Å². The zero-order valence-electron chi connectivity index (χ0n) is 9.05. The van der Waals surface area contributed by atoms with Gasteiger partial charge >= 0.3 is 0 Å². The molecule has 1 aliphatic rings. The molecule has 13 heavy (non-hydrogen) atoms. The predicted molar refractivity (Wildman–Crippen MR) is 54.9 cm³/mol. The van der Waals surface area contributed by atoms with Gasteiger partial charge in [-0.25, -0.2) is 0 Å². The first-order valence-electron chi connectivity index (χ1n) is 5.19. The van der Waals surface area contributed by atoms with Crippen molar-refractivity contribution < 1.29 is 4.74 Å². The topological polar surface area (TPSA) is 24.5 Å². The fourth-order valence-electron chi connectivity index (χ4n) is 1.52. The second-order valence-electron chi connectivity index (χ2n) is 4.31. The third-order valence-corrected chi connectivity index (χ3v) is 2.27. The van der Waals surface area contributed by atoms with E-state index in [4.69, 9.17) is 4.74 Å². The molecule has 1 atom stereocenters. The van der Waals surface area contributed by atoms with Crippen LogP contribution in [0.2, 0.25) is 0 Å². The number of hydrogen-bond acceptors (Lipinski definition) is 3. The van der Waals surface area contributed by atoms with E-state index in [0.29, 0.717) is 6.10 Å². The molecule has 78 valence electrons. The van der Waals surface area contributed by atoms with Crippen molar-refractivity contribution in [1.29, 1.82) is 0 Å². The summed E-state index contributed by atoms with van der Waals surface area (Å²) in [7, 11) is 2.15. The van der Waals surface area contributed by atoms with Gasteiger partial charge in [0.2, 0.25) is 0 Å². The number of nitrogens with one attached hydrogen (secondary N) is 1. The van der Waals surface area contributed by atoms with Gasteiger partial charge in [-0.2, -0.15) is 0 Å². The largest absolute Gasteiger partial charge is 0.374 e. The van der Waals surface area contributed by atoms with Gasteiger partial charge in [0.25, 0.3) is 0 Å². The molecule has 1 heterocycles. The van der Waals surface area contributed by atoms with Crippen molar-refractivity contribution in [2.45, 2.75) is 20.0 Å². The monoisotopic (exact) mass is 186 g/mol. The average molecular weight is 186 g/mol. The van der Waals surface area contributed by atoms with Crippen LogP contribution in [0.1, 0.15) is 13.8 Å². The van der Waals surface area contributed by atoms with Crippen LogP contribution >= 0.6 is 0 Å². The van der Waals surface area contributed by atoms with Crippen molar-refractivity contribution >= 4 is 0 Å². The minimum atomic E-state index is 0.387. The van der Waals surface area contributed by atoms with Crippen LogP contribution in [0.15, 0.2) is 0 Å². The van der Waals surface area contributed by atoms with E-state index < -0.39 is 0 Å². The van der Waals surface area contributed by atoms with Gasteiger partial charge in [0.05, 0.1) is 12.7 Å². The van der Waals surface area contributed by atoms with E-state index in [-0.39, 0.29) is 0 Å². The molecule has 0 radical (unpaired) electrons. The molecule has 1 fully saturated rings. The standard InChI is InChI=1S/C10H22N2O/c1-9(2)6-11-7-10-8-12(3)4-5-13-10/h9-11H,4-8H2,1-3H3/t10-/m1/s1. The molecule has 0 aromatic heterocycles. The average Bonchev–Trinajstić information content (AvgIpc) is 2.03. The quantitative estimate of drug-likeness (QED) is 0.694. The zero-order chi connectivity index (χ0) is 9.68. The first-order chi connectivity index (χ1) is 6.18. The SMILES string of the molecule is CC(C)CNC[C@@H]1CN(C)CCO1. The van der Waals surface area contributed by atoms with E-state index >= 15 is 0 Å². The Hall–Kier alpha value is -0.120. The zero-order valence-corrected chi connectivity index (χ0v) is 9.05. The summed E-state index contributed by atoms with van der Waals surface area (Å²) in [5.74, 6) is 0.723. The summed E-state index contributed by atoms with van der Waals surface area (Å²) >= 11 is 0. The Morgan fingerprint density at radius 3 is 2.92 bits per heavy atom. The van der Waals surface area contributed by atoms with Crippen LogP contribution in [0.25, 0.3) is 0 Å². The molecule has 0 amide bonds. The van der Waals surface area contributed by atoms with E-state index in [1.807, 2.05) is 0 Å². The lowest BCUT2D eigenvalue weighted by Crippen LogP contribution is -2.45. The van der Waals surface area contributed by atoms with Crippen molar-refractivity contribution in [3.8, 4) is 0 Å². The molecule has 1 saturated heterocycles. The Morgan fingerprint density at radius 2 is 2.31 bits per heavy atom. The second kappa shape index (κ2) is 5.58. The van der Waals surface area contributed by atoms with Gasteiger partial charge in [0.15, 0.2) is 0 Å². The molecule has 0 bridgehead atoms. The first-order valence-corrected chi connectivity index (χ1v) is 5.19. The van der Waals surface area contributed by atoms with Gasteiger partial charge in [-0.1, -0.05) is 13.8 Å². The van der Waals surface area contributed by atoms with Crippen molar-refractivity contribution in [2.24, 2.45) is 5.92 Å². The van der Waals surface area contributed by atoms with Crippen LogP contribution in [-0.2, 0) is 4.74 Å². The van der Waals surface area contributed by atoms with Gasteiger partial charge in [-0.05, 0) is 19.5 Å². The third kappa shape index (κ3) is 4.60. The molecule has 3 nitrogen and oxygen atoms in total. The van der Waals surface area contributed by atoms with Gasteiger partial charge in [-0.3, -0.25) is 0 Å². The summed E-state index contributed by atoms with van der Waals surface area (Å²) in [6, 6.07) is 0. The summed E-state index contributed by atoms with van der Waals surface area (Å²) in [6.07, 6.45) is 0.387. The lowest BCUT2D eigenvalue weighted by molar-refractivity contribution is -0.0182. The highest BCUT2D eigenvalue weighted by Crippen LogP contribution is 2.01. The van der Waals surface area contributed by atoms with E-state index in [1.54, 1.807) is 0 Å². The molecular weight excluding hydrogens is 164 g/mol. The minimum Gasteiger partial charge on any atom is -0.374 e. The third-order valence-electron chi connectivity index (χ3n) is 2.27. The van der Waals surface area contributed by atoms with E-state index in [0.717, 1.165) is 38.7 Å². The van der Waals surface area contributed by atoms with Crippen LogP contribution in [0.3, 0.4) is 0 Å². The Morgan fingerprint density at radius 1 is 1.54 bits per heavy atom. The van der Waals surface area contributed by atoms with Crippen molar-refractivity contribution in [2.75, 3.05) is 39.8 Å². The molecule has 1 aliphatic heterocycles.